The lowest BCUT2D eigenvalue weighted by atomic mass is 9.77. The highest BCUT2D eigenvalue weighted by atomic mass is 31.0. The highest BCUT2D eigenvalue weighted by Gasteiger charge is 2.42. The summed E-state index contributed by atoms with van der Waals surface area (Å²) in [6.45, 7) is 38.4. The standard InChI is InChI=1S/C64H89N8O2P/c1-11-49-52-36-57-63-53(40-72(57)45(8)51(52)26-28-58(49)73)62-56(27-25-50-43(6)59(75)37-55(70-63)61(50)62)71-33-29-47(30-34-71)24-20-32-65-44(7)54(35-48-22-17-14-18-23-48)69-42(5)38-68-60(74)39-67-41(4)21-16-15-19-31-66-46(9)64(10,12-2)13-3/h14,17-18,22-23,36-37,47,49,54,56,65-67,69H,4-5,7-9,11-13,15-16,19-21,24-35,38-40,75H2,1-3,6,10H3,(H,68,74). The molecule has 5 N–H and O–H groups in total. The number of allylic oxidation sites excluding steroid dienone is 5. The zero-order valence-electron chi connectivity index (χ0n) is 46.4. The Hall–Kier alpha value is -5.44. The van der Waals surface area contributed by atoms with E-state index in [2.05, 4.69) is 150 Å². The molecular weight excluding hydrogens is 944 g/mol. The molecule has 4 atom stereocenters. The average Bonchev–Trinajstić information content (AvgIpc) is 3.80. The number of benzene rings is 2. The molecule has 5 aliphatic rings. The third kappa shape index (κ3) is 12.7. The maximum Gasteiger partial charge on any atom is 0.239 e. The third-order valence-corrected chi connectivity index (χ3v) is 18.5. The van der Waals surface area contributed by atoms with Gasteiger partial charge in [-0.25, -0.2) is 4.98 Å². The van der Waals surface area contributed by atoms with Crippen LogP contribution in [0.2, 0.25) is 0 Å². The third-order valence-electron chi connectivity index (χ3n) is 17.9. The summed E-state index contributed by atoms with van der Waals surface area (Å²) in [6, 6.07) is 13.0. The summed E-state index contributed by atoms with van der Waals surface area (Å²) < 4.78 is 0. The Morgan fingerprint density at radius 2 is 1.63 bits per heavy atom. The van der Waals surface area contributed by atoms with Crippen LogP contribution in [-0.2, 0) is 29.0 Å². The molecule has 4 unspecified atom stereocenters. The number of fused-ring (bicyclic) bond motifs is 4. The van der Waals surface area contributed by atoms with Crippen molar-refractivity contribution in [2.45, 2.75) is 156 Å². The van der Waals surface area contributed by atoms with Gasteiger partial charge in [-0.1, -0.05) is 97.3 Å². The van der Waals surface area contributed by atoms with Crippen LogP contribution in [0.1, 0.15) is 157 Å². The van der Waals surface area contributed by atoms with Gasteiger partial charge in [-0.05, 0) is 167 Å². The van der Waals surface area contributed by atoms with Gasteiger partial charge in [0.05, 0.1) is 42.6 Å². The number of pyridine rings is 1. The topological polar surface area (TPSA) is 114 Å². The number of piperidine rings is 1. The van der Waals surface area contributed by atoms with E-state index >= 15 is 0 Å². The molecule has 0 bridgehead atoms. The summed E-state index contributed by atoms with van der Waals surface area (Å²) in [5, 5.41) is 19.7. The second-order valence-corrected chi connectivity index (χ2v) is 23.2. The first-order chi connectivity index (χ1) is 36.1. The molecule has 4 heterocycles. The number of aryl methyl sites for hydroxylation is 1. The van der Waals surface area contributed by atoms with Gasteiger partial charge < -0.3 is 31.5 Å². The van der Waals surface area contributed by atoms with Crippen LogP contribution >= 0.6 is 9.24 Å². The van der Waals surface area contributed by atoms with Crippen LogP contribution in [0, 0.1) is 24.2 Å². The molecule has 1 aromatic heterocycles. The van der Waals surface area contributed by atoms with Gasteiger partial charge in [0.15, 0.2) is 0 Å². The monoisotopic (exact) mass is 1030 g/mol. The van der Waals surface area contributed by atoms with Crippen LogP contribution in [0.3, 0.4) is 0 Å². The molecule has 0 saturated carbocycles. The second-order valence-electron chi connectivity index (χ2n) is 22.6. The number of amides is 1. The molecule has 0 spiro atoms. The molecule has 2 aliphatic carbocycles. The molecular formula is C64H89N8O2P. The number of hydrogen-bond acceptors (Lipinski definition) is 9. The first-order valence-corrected chi connectivity index (χ1v) is 29.2. The Labute approximate surface area is 452 Å². The van der Waals surface area contributed by atoms with Crippen molar-refractivity contribution < 1.29 is 9.59 Å². The van der Waals surface area contributed by atoms with E-state index in [9.17, 15) is 9.59 Å². The molecule has 1 saturated heterocycles. The van der Waals surface area contributed by atoms with Crippen molar-refractivity contribution in [2.24, 2.45) is 17.3 Å². The largest absolute Gasteiger partial charge is 0.388 e. The van der Waals surface area contributed by atoms with Gasteiger partial charge in [0.1, 0.15) is 5.78 Å². The van der Waals surface area contributed by atoms with Crippen molar-refractivity contribution in [1.29, 1.82) is 0 Å². The number of Topliss-reactive ketones (excluding diaryl/α,β-unsaturated/α-hetero) is 1. The first-order valence-electron chi connectivity index (χ1n) is 28.6. The van der Waals surface area contributed by atoms with Gasteiger partial charge in [0.2, 0.25) is 5.91 Å². The van der Waals surface area contributed by atoms with Gasteiger partial charge in [-0.15, -0.1) is 9.24 Å². The van der Waals surface area contributed by atoms with E-state index in [4.69, 9.17) is 4.98 Å². The summed E-state index contributed by atoms with van der Waals surface area (Å²) in [5.74, 6) is 0.894. The maximum atomic E-state index is 13.1. The number of aromatic nitrogens is 1. The van der Waals surface area contributed by atoms with Crippen molar-refractivity contribution in [2.75, 3.05) is 39.3 Å². The van der Waals surface area contributed by atoms with E-state index in [1.54, 1.807) is 0 Å². The Bertz CT molecular complexity index is 2720. The van der Waals surface area contributed by atoms with Crippen molar-refractivity contribution in [3.8, 4) is 0 Å². The van der Waals surface area contributed by atoms with Crippen LogP contribution < -0.4 is 31.9 Å². The lowest BCUT2D eigenvalue weighted by molar-refractivity contribution is -0.122. The van der Waals surface area contributed by atoms with E-state index in [0.717, 1.165) is 155 Å². The van der Waals surface area contributed by atoms with Crippen LogP contribution in [-0.4, -0.2) is 71.8 Å². The molecule has 75 heavy (non-hydrogen) atoms. The fraction of sp³-hybridized carbons (Fsp3) is 0.516. The summed E-state index contributed by atoms with van der Waals surface area (Å²) in [4.78, 5) is 36.7. The summed E-state index contributed by atoms with van der Waals surface area (Å²) in [7, 11) is 2.98. The van der Waals surface area contributed by atoms with E-state index in [1.807, 2.05) is 6.07 Å². The van der Waals surface area contributed by atoms with Crippen molar-refractivity contribution in [3.05, 3.63) is 149 Å². The highest BCUT2D eigenvalue weighted by molar-refractivity contribution is 7.27. The number of nitrogens with one attached hydrogen (secondary N) is 5. The molecule has 1 amide bonds. The number of nitrogens with zero attached hydrogens (tertiary/aromatic N) is 3. The van der Waals surface area contributed by atoms with E-state index in [0.29, 0.717) is 30.7 Å². The van der Waals surface area contributed by atoms with Crippen LogP contribution in [0.15, 0.2) is 115 Å². The normalized spacial score (nSPS) is 19.0. The number of hydrogen-bond donors (Lipinski definition) is 5. The molecule has 2 aromatic carbocycles. The summed E-state index contributed by atoms with van der Waals surface area (Å²) in [6.07, 6.45) is 18.3. The lowest BCUT2D eigenvalue weighted by Crippen LogP contribution is -2.42. The summed E-state index contributed by atoms with van der Waals surface area (Å²) >= 11 is 0. The predicted molar refractivity (Wildman–Crippen MR) is 316 cm³/mol. The zero-order chi connectivity index (χ0) is 53.4. The molecule has 8 rings (SSSR count). The Kier molecular flexibility index (Phi) is 18.7. The molecule has 0 radical (unpaired) electrons. The van der Waals surface area contributed by atoms with Gasteiger partial charge in [0, 0.05) is 76.3 Å². The molecule has 402 valence electrons. The SMILES string of the molecule is C=C(CCCCCNC(=C)C(C)(CC)CC)NCC(=O)NCC(=C)NC(Cc1ccccc1)C(=C)NCCCC1CCN(C2CCc3c(C)c(P)cc4nc5c(c2c34)CN2C(=C)C3=C(C=C52)C(CC)C(=O)CC3)CC1. The van der Waals surface area contributed by atoms with E-state index in [1.165, 1.54) is 68.9 Å². The smallest absolute Gasteiger partial charge is 0.239 e. The van der Waals surface area contributed by atoms with Crippen molar-refractivity contribution in [3.63, 3.8) is 0 Å². The fourth-order valence-corrected chi connectivity index (χ4v) is 12.9. The summed E-state index contributed by atoms with van der Waals surface area (Å²) in [5.41, 5.74) is 17.6. The van der Waals surface area contributed by atoms with Crippen LogP contribution in [0.4, 0.5) is 0 Å². The fourth-order valence-electron chi connectivity index (χ4n) is 12.6. The minimum atomic E-state index is -0.0907. The zero-order valence-corrected chi connectivity index (χ0v) is 47.5. The highest BCUT2D eigenvalue weighted by Crippen LogP contribution is 2.51. The molecule has 3 aromatic rings. The second kappa shape index (κ2) is 25.1. The number of rotatable bonds is 27. The average molecular weight is 1030 g/mol. The number of unbranched alkanes of at least 4 members (excludes halogenated alkanes) is 2. The maximum absolute atomic E-state index is 13.1. The van der Waals surface area contributed by atoms with Gasteiger partial charge in [-0.3, -0.25) is 14.5 Å². The number of carbonyl (C=O) groups is 2. The number of likely N-dealkylation sites (tertiary alicyclic amines) is 1. The minimum absolute atomic E-state index is 0.0551. The first kappa shape index (κ1) is 55.8. The van der Waals surface area contributed by atoms with Gasteiger partial charge in [-0.2, -0.15) is 0 Å². The number of carbonyl (C=O) groups excluding carboxylic acids is 2. The van der Waals surface area contributed by atoms with E-state index < -0.39 is 0 Å². The minimum Gasteiger partial charge on any atom is -0.388 e. The quantitative estimate of drug-likeness (QED) is 0.0376. The lowest BCUT2D eigenvalue weighted by Gasteiger charge is -2.41. The Balaban J connectivity index is 0.803. The predicted octanol–water partition coefficient (Wildman–Crippen LogP) is 11.4. The molecule has 11 heteroatoms. The van der Waals surface area contributed by atoms with Gasteiger partial charge >= 0.3 is 0 Å². The van der Waals surface area contributed by atoms with E-state index in [-0.39, 0.29) is 29.8 Å². The van der Waals surface area contributed by atoms with Crippen LogP contribution in [0.25, 0.3) is 16.6 Å². The van der Waals surface area contributed by atoms with Crippen molar-refractivity contribution in [1.82, 2.24) is 41.4 Å². The number of ketones is 1. The Morgan fingerprint density at radius 3 is 2.36 bits per heavy atom. The van der Waals surface area contributed by atoms with Gasteiger partial charge in [0.25, 0.3) is 0 Å². The molecule has 10 nitrogen and oxygen atoms in total. The molecule has 1 fully saturated rings. The Morgan fingerprint density at radius 1 is 0.880 bits per heavy atom. The van der Waals surface area contributed by atoms with Crippen LogP contribution in [0.5, 0.6) is 0 Å². The van der Waals surface area contributed by atoms with Crippen molar-refractivity contribution >= 4 is 42.8 Å². The molecule has 3 aliphatic heterocycles.